The summed E-state index contributed by atoms with van der Waals surface area (Å²) in [7, 11) is 1.58. The van der Waals surface area contributed by atoms with Gasteiger partial charge in [0, 0.05) is 26.1 Å². The summed E-state index contributed by atoms with van der Waals surface area (Å²) in [5.74, 6) is -0.0632. The number of amides is 3. The maximum absolute atomic E-state index is 11.0. The molecule has 0 atom stereocenters. The van der Waals surface area contributed by atoms with E-state index in [4.69, 9.17) is 0 Å². The van der Waals surface area contributed by atoms with Crippen LogP contribution >= 0.6 is 0 Å². The van der Waals surface area contributed by atoms with Gasteiger partial charge in [-0.25, -0.2) is 4.79 Å². The van der Waals surface area contributed by atoms with Crippen LogP contribution in [0.1, 0.15) is 19.3 Å². The molecule has 3 amide bonds. The summed E-state index contributed by atoms with van der Waals surface area (Å²) in [6, 6.07) is 0.186. The molecule has 1 aliphatic rings. The van der Waals surface area contributed by atoms with E-state index in [1.165, 1.54) is 0 Å². The van der Waals surface area contributed by atoms with Crippen molar-refractivity contribution in [3.63, 3.8) is 0 Å². The molecule has 5 nitrogen and oxygen atoms in total. The third-order valence-corrected chi connectivity index (χ3v) is 1.83. The van der Waals surface area contributed by atoms with Crippen LogP contribution in [-0.4, -0.2) is 31.6 Å². The maximum atomic E-state index is 11.0. The van der Waals surface area contributed by atoms with Crippen molar-refractivity contribution in [1.82, 2.24) is 16.0 Å². The summed E-state index contributed by atoms with van der Waals surface area (Å²) in [5.41, 5.74) is 0. The van der Waals surface area contributed by atoms with Crippen LogP contribution in [0.4, 0.5) is 4.79 Å². The lowest BCUT2D eigenvalue weighted by atomic mass is 10.4. The van der Waals surface area contributed by atoms with Gasteiger partial charge >= 0.3 is 6.03 Å². The molecule has 5 heteroatoms. The standard InChI is InChI=1S/C8H15N3O2/c1-9-7(12)4-5-10-8(13)11-6-2-3-6/h6H,2-5H2,1H3,(H,9,12)(H2,10,11,13). The summed E-state index contributed by atoms with van der Waals surface area (Å²) in [5, 5.41) is 7.85. The molecule has 0 aromatic carbocycles. The summed E-state index contributed by atoms with van der Waals surface area (Å²) in [6.07, 6.45) is 2.47. The van der Waals surface area contributed by atoms with Gasteiger partial charge in [0.15, 0.2) is 0 Å². The molecule has 0 aliphatic heterocycles. The Hall–Kier alpha value is -1.26. The van der Waals surface area contributed by atoms with Crippen LogP contribution < -0.4 is 16.0 Å². The highest BCUT2D eigenvalue weighted by Crippen LogP contribution is 2.18. The zero-order chi connectivity index (χ0) is 9.68. The van der Waals surface area contributed by atoms with E-state index in [0.717, 1.165) is 12.8 Å². The van der Waals surface area contributed by atoms with E-state index in [0.29, 0.717) is 19.0 Å². The minimum absolute atomic E-state index is 0.0632. The lowest BCUT2D eigenvalue weighted by Gasteiger charge is -2.05. The van der Waals surface area contributed by atoms with Gasteiger partial charge in [0.05, 0.1) is 0 Å². The van der Waals surface area contributed by atoms with E-state index in [-0.39, 0.29) is 11.9 Å². The molecule has 0 spiro atoms. The molecule has 0 aromatic rings. The molecule has 1 saturated carbocycles. The fraction of sp³-hybridized carbons (Fsp3) is 0.750. The largest absolute Gasteiger partial charge is 0.359 e. The molecule has 0 aromatic heterocycles. The van der Waals surface area contributed by atoms with Gasteiger partial charge in [-0.05, 0) is 12.8 Å². The minimum atomic E-state index is -0.175. The van der Waals surface area contributed by atoms with Crippen molar-refractivity contribution in [2.75, 3.05) is 13.6 Å². The number of hydrogen-bond donors (Lipinski definition) is 3. The second-order valence-electron chi connectivity index (χ2n) is 3.10. The predicted octanol–water partition coefficient (Wildman–Crippen LogP) is -0.416. The SMILES string of the molecule is CNC(=O)CCNC(=O)NC1CC1. The predicted molar refractivity (Wildman–Crippen MR) is 48.2 cm³/mol. The summed E-state index contributed by atoms with van der Waals surface area (Å²) >= 11 is 0. The second kappa shape index (κ2) is 4.69. The Bertz CT molecular complexity index is 202. The lowest BCUT2D eigenvalue weighted by Crippen LogP contribution is -2.38. The van der Waals surface area contributed by atoms with Gasteiger partial charge in [-0.1, -0.05) is 0 Å². The van der Waals surface area contributed by atoms with Crippen LogP contribution in [0.3, 0.4) is 0 Å². The third-order valence-electron chi connectivity index (χ3n) is 1.83. The van der Waals surface area contributed by atoms with Crippen molar-refractivity contribution in [1.29, 1.82) is 0 Å². The van der Waals surface area contributed by atoms with Crippen LogP contribution in [0.15, 0.2) is 0 Å². The van der Waals surface area contributed by atoms with E-state index in [1.807, 2.05) is 0 Å². The average molecular weight is 185 g/mol. The van der Waals surface area contributed by atoms with Crippen molar-refractivity contribution in [2.24, 2.45) is 0 Å². The fourth-order valence-corrected chi connectivity index (χ4v) is 0.879. The fourth-order valence-electron chi connectivity index (χ4n) is 0.879. The van der Waals surface area contributed by atoms with E-state index in [1.54, 1.807) is 7.05 Å². The molecule has 0 saturated heterocycles. The highest BCUT2D eigenvalue weighted by molar-refractivity contribution is 5.78. The first-order valence-corrected chi connectivity index (χ1v) is 4.47. The molecule has 1 fully saturated rings. The van der Waals surface area contributed by atoms with Gasteiger partial charge < -0.3 is 16.0 Å². The van der Waals surface area contributed by atoms with E-state index >= 15 is 0 Å². The van der Waals surface area contributed by atoms with Crippen molar-refractivity contribution in [3.8, 4) is 0 Å². The first-order valence-electron chi connectivity index (χ1n) is 4.47. The number of nitrogens with one attached hydrogen (secondary N) is 3. The van der Waals surface area contributed by atoms with E-state index < -0.39 is 0 Å². The smallest absolute Gasteiger partial charge is 0.315 e. The van der Waals surface area contributed by atoms with Crippen molar-refractivity contribution >= 4 is 11.9 Å². The Morgan fingerprint density at radius 3 is 2.62 bits per heavy atom. The molecular weight excluding hydrogens is 170 g/mol. The van der Waals surface area contributed by atoms with Crippen molar-refractivity contribution < 1.29 is 9.59 Å². The van der Waals surface area contributed by atoms with Gasteiger partial charge in [0.1, 0.15) is 0 Å². The maximum Gasteiger partial charge on any atom is 0.315 e. The highest BCUT2D eigenvalue weighted by atomic mass is 16.2. The summed E-state index contributed by atoms with van der Waals surface area (Å²) in [4.78, 5) is 21.8. The van der Waals surface area contributed by atoms with Crippen LogP contribution in [0.25, 0.3) is 0 Å². The van der Waals surface area contributed by atoms with Crippen molar-refractivity contribution in [3.05, 3.63) is 0 Å². The number of carbonyl (C=O) groups excluding carboxylic acids is 2. The number of hydrogen-bond acceptors (Lipinski definition) is 2. The Labute approximate surface area is 77.3 Å². The van der Waals surface area contributed by atoms with Crippen molar-refractivity contribution in [2.45, 2.75) is 25.3 Å². The number of rotatable bonds is 4. The Kier molecular flexibility index (Phi) is 3.54. The Balaban J connectivity index is 1.97. The normalized spacial score (nSPS) is 14.8. The Morgan fingerprint density at radius 1 is 1.38 bits per heavy atom. The molecule has 0 unspecified atom stereocenters. The highest BCUT2D eigenvalue weighted by Gasteiger charge is 2.22. The number of urea groups is 1. The minimum Gasteiger partial charge on any atom is -0.359 e. The first kappa shape index (κ1) is 9.83. The topological polar surface area (TPSA) is 70.2 Å². The molecular formula is C8H15N3O2. The van der Waals surface area contributed by atoms with Crippen LogP contribution in [-0.2, 0) is 4.79 Å². The molecule has 74 valence electrons. The van der Waals surface area contributed by atoms with Gasteiger partial charge in [-0.15, -0.1) is 0 Å². The molecule has 0 heterocycles. The van der Waals surface area contributed by atoms with E-state index in [2.05, 4.69) is 16.0 Å². The summed E-state index contributed by atoms with van der Waals surface area (Å²) in [6.45, 7) is 0.387. The number of carbonyl (C=O) groups is 2. The molecule has 0 radical (unpaired) electrons. The summed E-state index contributed by atoms with van der Waals surface area (Å²) < 4.78 is 0. The lowest BCUT2D eigenvalue weighted by molar-refractivity contribution is -0.120. The molecule has 1 rings (SSSR count). The molecule has 0 bridgehead atoms. The monoisotopic (exact) mass is 185 g/mol. The van der Waals surface area contributed by atoms with Gasteiger partial charge in [0.2, 0.25) is 5.91 Å². The average Bonchev–Trinajstić information content (AvgIpc) is 2.88. The van der Waals surface area contributed by atoms with Gasteiger partial charge in [-0.3, -0.25) is 4.79 Å². The van der Waals surface area contributed by atoms with Crippen LogP contribution in [0.5, 0.6) is 0 Å². The first-order chi connectivity index (χ1) is 6.22. The third kappa shape index (κ3) is 4.35. The van der Waals surface area contributed by atoms with Crippen LogP contribution in [0, 0.1) is 0 Å². The zero-order valence-electron chi connectivity index (χ0n) is 7.72. The zero-order valence-corrected chi connectivity index (χ0v) is 7.72. The van der Waals surface area contributed by atoms with Crippen LogP contribution in [0.2, 0.25) is 0 Å². The second-order valence-corrected chi connectivity index (χ2v) is 3.10. The van der Waals surface area contributed by atoms with Gasteiger partial charge in [-0.2, -0.15) is 0 Å². The van der Waals surface area contributed by atoms with E-state index in [9.17, 15) is 9.59 Å². The molecule has 1 aliphatic carbocycles. The quantitative estimate of drug-likeness (QED) is 0.557. The molecule has 3 N–H and O–H groups in total. The Morgan fingerprint density at radius 2 is 2.08 bits per heavy atom. The van der Waals surface area contributed by atoms with Gasteiger partial charge in [0.25, 0.3) is 0 Å². The molecule has 13 heavy (non-hydrogen) atoms.